The lowest BCUT2D eigenvalue weighted by Gasteiger charge is -2.35. The van der Waals surface area contributed by atoms with E-state index >= 15 is 0 Å². The van der Waals surface area contributed by atoms with Gasteiger partial charge in [-0.2, -0.15) is 0 Å². The summed E-state index contributed by atoms with van der Waals surface area (Å²) in [5.74, 6) is 0.332. The molecule has 0 radical (unpaired) electrons. The van der Waals surface area contributed by atoms with Crippen molar-refractivity contribution < 1.29 is 0 Å². The monoisotopic (exact) mass is 538 g/mol. The molecule has 1 aliphatic carbocycles. The maximum absolute atomic E-state index is 2.48. The number of fused-ring (bicyclic) bond motifs is 4. The quantitative estimate of drug-likeness (QED) is 0.221. The summed E-state index contributed by atoms with van der Waals surface area (Å²) >= 11 is 0. The van der Waals surface area contributed by atoms with Crippen LogP contribution in [0, 0.1) is 5.92 Å². The van der Waals surface area contributed by atoms with Gasteiger partial charge in [0.2, 0.25) is 0 Å². The fourth-order valence-corrected chi connectivity index (χ4v) is 6.45. The summed E-state index contributed by atoms with van der Waals surface area (Å²) in [7, 11) is 0. The van der Waals surface area contributed by atoms with Crippen LogP contribution in [0.5, 0.6) is 0 Å². The Kier molecular flexibility index (Phi) is 5.97. The summed E-state index contributed by atoms with van der Waals surface area (Å²) in [5, 5.41) is 0. The molecule has 200 valence electrons. The van der Waals surface area contributed by atoms with E-state index in [1.165, 1.54) is 50.6 Å². The zero-order valence-corrected chi connectivity index (χ0v) is 23.2. The number of para-hydroxylation sites is 3. The molecule has 3 aliphatic rings. The molecule has 0 saturated carbocycles. The lowest BCUT2D eigenvalue weighted by Crippen LogP contribution is -2.35. The van der Waals surface area contributed by atoms with Crippen molar-refractivity contribution in [3.8, 4) is 11.1 Å². The molecule has 0 bridgehead atoms. The molecule has 0 fully saturated rings. The molecular formula is C40H30N2. The van der Waals surface area contributed by atoms with Crippen molar-refractivity contribution >= 4 is 46.7 Å². The number of allylic oxidation sites excluding steroid dienone is 2. The van der Waals surface area contributed by atoms with E-state index in [0.717, 1.165) is 5.69 Å². The standard InChI is InChI=1S/C40H30N2/c1-5-13-37-31(9-1)17-18-32-10-2-6-14-38(32)41(37)35-25-21-29(22-26-35)30-23-27-36(28-24-30)42-39-15-7-3-11-33(39)19-20-34-12-4-8-16-40(34)42/h1-28,31,37H. The summed E-state index contributed by atoms with van der Waals surface area (Å²) in [5.41, 5.74) is 12.1. The third-order valence-electron chi connectivity index (χ3n) is 8.54. The molecule has 0 amide bonds. The first-order valence-corrected chi connectivity index (χ1v) is 14.6. The van der Waals surface area contributed by atoms with Gasteiger partial charge >= 0.3 is 0 Å². The molecule has 2 unspecified atom stereocenters. The van der Waals surface area contributed by atoms with E-state index in [0.29, 0.717) is 5.92 Å². The molecule has 2 atom stereocenters. The molecule has 42 heavy (non-hydrogen) atoms. The zero-order valence-electron chi connectivity index (χ0n) is 23.2. The van der Waals surface area contributed by atoms with Crippen LogP contribution in [-0.4, -0.2) is 6.04 Å². The van der Waals surface area contributed by atoms with Crippen molar-refractivity contribution in [2.45, 2.75) is 6.04 Å². The second-order valence-corrected chi connectivity index (χ2v) is 11.0. The molecule has 5 aromatic rings. The van der Waals surface area contributed by atoms with Crippen LogP contribution >= 0.6 is 0 Å². The van der Waals surface area contributed by atoms with Crippen LogP contribution in [0.4, 0.5) is 28.4 Å². The van der Waals surface area contributed by atoms with Gasteiger partial charge in [-0.15, -0.1) is 0 Å². The Morgan fingerprint density at radius 1 is 0.405 bits per heavy atom. The Balaban J connectivity index is 1.13. The van der Waals surface area contributed by atoms with Gasteiger partial charge in [0.15, 0.2) is 0 Å². The van der Waals surface area contributed by atoms with Gasteiger partial charge in [-0.3, -0.25) is 0 Å². The molecular weight excluding hydrogens is 508 g/mol. The van der Waals surface area contributed by atoms with Crippen LogP contribution in [0.3, 0.4) is 0 Å². The second kappa shape index (κ2) is 10.2. The van der Waals surface area contributed by atoms with Crippen LogP contribution < -0.4 is 9.80 Å². The number of benzene rings is 5. The molecule has 2 heterocycles. The zero-order chi connectivity index (χ0) is 27.9. The van der Waals surface area contributed by atoms with Crippen molar-refractivity contribution in [3.05, 3.63) is 168 Å². The van der Waals surface area contributed by atoms with Crippen molar-refractivity contribution in [2.24, 2.45) is 5.92 Å². The smallest absolute Gasteiger partial charge is 0.0623 e. The van der Waals surface area contributed by atoms with E-state index in [9.17, 15) is 0 Å². The Morgan fingerprint density at radius 3 is 1.52 bits per heavy atom. The molecule has 0 saturated heterocycles. The van der Waals surface area contributed by atoms with Crippen molar-refractivity contribution in [2.75, 3.05) is 9.80 Å². The summed E-state index contributed by atoms with van der Waals surface area (Å²) in [4.78, 5) is 4.85. The van der Waals surface area contributed by atoms with E-state index in [1.54, 1.807) is 0 Å². The summed E-state index contributed by atoms with van der Waals surface area (Å²) in [6, 6.07) is 44.1. The molecule has 0 spiro atoms. The highest BCUT2D eigenvalue weighted by Gasteiger charge is 2.28. The highest BCUT2D eigenvalue weighted by atomic mass is 15.2. The predicted molar refractivity (Wildman–Crippen MR) is 179 cm³/mol. The van der Waals surface area contributed by atoms with E-state index in [2.05, 4.69) is 180 Å². The minimum Gasteiger partial charge on any atom is -0.333 e. The first kappa shape index (κ1) is 24.5. The summed E-state index contributed by atoms with van der Waals surface area (Å²) in [6.07, 6.45) is 18.0. The van der Waals surface area contributed by atoms with Crippen molar-refractivity contribution in [1.29, 1.82) is 0 Å². The van der Waals surface area contributed by atoms with Crippen LogP contribution in [0.1, 0.15) is 16.7 Å². The number of hydrogen-bond donors (Lipinski definition) is 0. The minimum atomic E-state index is 0.244. The van der Waals surface area contributed by atoms with Gasteiger partial charge in [-0.25, -0.2) is 0 Å². The fourth-order valence-electron chi connectivity index (χ4n) is 6.45. The molecule has 5 aromatic carbocycles. The van der Waals surface area contributed by atoms with E-state index in [4.69, 9.17) is 0 Å². The van der Waals surface area contributed by atoms with Crippen LogP contribution in [0.25, 0.3) is 29.4 Å². The minimum absolute atomic E-state index is 0.244. The number of nitrogens with zero attached hydrogens (tertiary/aromatic N) is 2. The molecule has 0 aromatic heterocycles. The molecule has 0 N–H and O–H groups in total. The highest BCUT2D eigenvalue weighted by Crippen LogP contribution is 2.43. The topological polar surface area (TPSA) is 6.48 Å². The Labute approximate surface area is 247 Å². The van der Waals surface area contributed by atoms with Crippen LogP contribution in [0.2, 0.25) is 0 Å². The fraction of sp³-hybridized carbons (Fsp3) is 0.0500. The lowest BCUT2D eigenvalue weighted by atomic mass is 9.93. The van der Waals surface area contributed by atoms with Gasteiger partial charge in [-0.1, -0.05) is 127 Å². The molecule has 8 rings (SSSR count). The normalized spacial score (nSPS) is 18.0. The largest absolute Gasteiger partial charge is 0.333 e. The van der Waals surface area contributed by atoms with Gasteiger partial charge in [0.25, 0.3) is 0 Å². The molecule has 2 nitrogen and oxygen atoms in total. The SMILES string of the molecule is C1=CC2C=Cc3ccccc3N(c3ccc(-c4ccc(N5c6ccccc6C=Cc6ccccc65)cc4)cc3)C2C=C1. The van der Waals surface area contributed by atoms with Crippen LogP contribution in [-0.2, 0) is 0 Å². The van der Waals surface area contributed by atoms with Crippen molar-refractivity contribution in [1.82, 2.24) is 0 Å². The third-order valence-corrected chi connectivity index (χ3v) is 8.54. The first-order valence-electron chi connectivity index (χ1n) is 14.6. The summed E-state index contributed by atoms with van der Waals surface area (Å²) in [6.45, 7) is 0. The van der Waals surface area contributed by atoms with Gasteiger partial charge in [0.05, 0.1) is 17.4 Å². The van der Waals surface area contributed by atoms with Gasteiger partial charge in [-0.05, 0) is 70.3 Å². The lowest BCUT2D eigenvalue weighted by molar-refractivity contribution is 0.669. The second-order valence-electron chi connectivity index (χ2n) is 11.0. The van der Waals surface area contributed by atoms with E-state index < -0.39 is 0 Å². The van der Waals surface area contributed by atoms with Gasteiger partial charge in [0, 0.05) is 23.0 Å². The Hall–Kier alpha value is -5.34. The number of hydrogen-bond acceptors (Lipinski definition) is 2. The van der Waals surface area contributed by atoms with Crippen molar-refractivity contribution in [3.63, 3.8) is 0 Å². The van der Waals surface area contributed by atoms with Gasteiger partial charge < -0.3 is 9.80 Å². The summed E-state index contributed by atoms with van der Waals surface area (Å²) < 4.78 is 0. The highest BCUT2D eigenvalue weighted by molar-refractivity contribution is 5.93. The average molecular weight is 539 g/mol. The first-order chi connectivity index (χ1) is 20.8. The maximum Gasteiger partial charge on any atom is 0.0623 e. The number of rotatable bonds is 3. The van der Waals surface area contributed by atoms with Crippen LogP contribution in [0.15, 0.2) is 152 Å². The predicted octanol–water partition coefficient (Wildman–Crippen LogP) is 10.6. The molecule has 2 heteroatoms. The Morgan fingerprint density at radius 2 is 0.905 bits per heavy atom. The number of anilines is 5. The van der Waals surface area contributed by atoms with E-state index in [1.807, 2.05) is 0 Å². The van der Waals surface area contributed by atoms with E-state index in [-0.39, 0.29) is 6.04 Å². The third kappa shape index (κ3) is 4.20. The average Bonchev–Trinajstić information content (AvgIpc) is 3.33. The van der Waals surface area contributed by atoms with Gasteiger partial charge in [0.1, 0.15) is 0 Å². The Bertz CT molecular complexity index is 1840. The molecule has 2 aliphatic heterocycles. The maximum atomic E-state index is 2.48.